The molecule has 0 heterocycles. The van der Waals surface area contributed by atoms with Gasteiger partial charge in [0, 0.05) is 13.2 Å². The molecule has 3 aromatic carbocycles. The highest BCUT2D eigenvalue weighted by atomic mass is 16.5. The number of unbranched alkanes of at least 4 members (excludes halogenated alkanes) is 2. The number of hydrogen-bond donors (Lipinski definition) is 0. The summed E-state index contributed by atoms with van der Waals surface area (Å²) in [4.78, 5) is 12.6. The summed E-state index contributed by atoms with van der Waals surface area (Å²) in [7, 11) is 0. The smallest absolute Gasteiger partial charge is 0.343 e. The van der Waals surface area contributed by atoms with Crippen LogP contribution in [0.3, 0.4) is 0 Å². The van der Waals surface area contributed by atoms with Crippen molar-refractivity contribution in [3.05, 3.63) is 101 Å². The molecule has 3 nitrogen and oxygen atoms in total. The lowest BCUT2D eigenvalue weighted by Crippen LogP contribution is -2.18. The van der Waals surface area contributed by atoms with Gasteiger partial charge < -0.3 is 9.47 Å². The quantitative estimate of drug-likeness (QED) is 0.0966. The molecule has 3 aromatic rings. The first-order chi connectivity index (χ1) is 19.1. The van der Waals surface area contributed by atoms with Crippen molar-refractivity contribution in [3.8, 4) is 5.75 Å². The summed E-state index contributed by atoms with van der Waals surface area (Å²) in [5, 5.41) is 0. The maximum Gasteiger partial charge on any atom is 0.343 e. The van der Waals surface area contributed by atoms with E-state index in [1.807, 2.05) is 48.5 Å². The van der Waals surface area contributed by atoms with E-state index in [2.05, 4.69) is 50.3 Å². The van der Waals surface area contributed by atoms with Crippen LogP contribution >= 0.6 is 0 Å². The molecule has 0 aromatic heterocycles. The van der Waals surface area contributed by atoms with Gasteiger partial charge >= 0.3 is 5.97 Å². The number of ether oxygens (including phenoxy) is 2. The van der Waals surface area contributed by atoms with E-state index in [-0.39, 0.29) is 5.97 Å². The van der Waals surface area contributed by atoms with E-state index in [4.69, 9.17) is 9.47 Å². The third kappa shape index (κ3) is 9.21. The molecule has 0 saturated heterocycles. The molecule has 0 spiro atoms. The van der Waals surface area contributed by atoms with Gasteiger partial charge in [0.1, 0.15) is 5.75 Å². The van der Waals surface area contributed by atoms with Gasteiger partial charge in [0.15, 0.2) is 0 Å². The van der Waals surface area contributed by atoms with Crippen molar-refractivity contribution in [1.29, 1.82) is 0 Å². The first kappa shape index (κ1) is 28.8. The third-order valence-electron chi connectivity index (χ3n) is 7.77. The number of benzene rings is 3. The number of carbonyl (C=O) groups excluding carboxylic acids is 1. The second-order valence-electron chi connectivity index (χ2n) is 10.9. The molecule has 206 valence electrons. The lowest BCUT2D eigenvalue weighted by molar-refractivity contribution is 0.0734. The minimum absolute atomic E-state index is 0.331. The molecule has 0 N–H and O–H groups in total. The highest BCUT2D eigenvalue weighted by molar-refractivity contribution is 5.91. The maximum atomic E-state index is 12.6. The molecular formula is C36H44O3. The normalized spacial score (nSPS) is 17.4. The molecule has 1 saturated carbocycles. The topological polar surface area (TPSA) is 35.5 Å². The predicted octanol–water partition coefficient (Wildman–Crippen LogP) is 9.51. The van der Waals surface area contributed by atoms with E-state index in [1.54, 1.807) is 0 Å². The number of aryl methyl sites for hydroxylation is 1. The van der Waals surface area contributed by atoms with Crippen LogP contribution in [0.25, 0.3) is 12.2 Å². The fourth-order valence-corrected chi connectivity index (χ4v) is 5.33. The Morgan fingerprint density at radius 2 is 1.41 bits per heavy atom. The molecule has 1 aliphatic carbocycles. The predicted molar refractivity (Wildman–Crippen MR) is 162 cm³/mol. The minimum Gasteiger partial charge on any atom is -0.423 e. The van der Waals surface area contributed by atoms with Gasteiger partial charge in [-0.05, 0) is 103 Å². The van der Waals surface area contributed by atoms with Gasteiger partial charge in [0.05, 0.1) is 5.56 Å². The van der Waals surface area contributed by atoms with E-state index in [0.717, 1.165) is 37.5 Å². The molecule has 3 heteroatoms. The lowest BCUT2D eigenvalue weighted by Gasteiger charge is -2.28. The van der Waals surface area contributed by atoms with E-state index >= 15 is 0 Å². The zero-order chi connectivity index (χ0) is 27.3. The number of hydrogen-bond acceptors (Lipinski definition) is 3. The Morgan fingerprint density at radius 3 is 2.03 bits per heavy atom. The Kier molecular flexibility index (Phi) is 11.4. The average molecular weight is 525 g/mol. The largest absolute Gasteiger partial charge is 0.423 e. The summed E-state index contributed by atoms with van der Waals surface area (Å²) in [6.07, 6.45) is 15.1. The van der Waals surface area contributed by atoms with E-state index in [9.17, 15) is 4.79 Å². The van der Waals surface area contributed by atoms with Crippen molar-refractivity contribution in [2.45, 2.75) is 77.6 Å². The molecule has 0 bridgehead atoms. The van der Waals surface area contributed by atoms with Crippen molar-refractivity contribution in [3.63, 3.8) is 0 Å². The van der Waals surface area contributed by atoms with Crippen LogP contribution < -0.4 is 4.74 Å². The van der Waals surface area contributed by atoms with E-state index in [0.29, 0.717) is 17.2 Å². The summed E-state index contributed by atoms with van der Waals surface area (Å²) >= 11 is 0. The second kappa shape index (κ2) is 15.4. The first-order valence-corrected chi connectivity index (χ1v) is 14.9. The van der Waals surface area contributed by atoms with Crippen LogP contribution in [0.4, 0.5) is 0 Å². The van der Waals surface area contributed by atoms with Crippen LogP contribution in [-0.2, 0) is 11.2 Å². The molecule has 1 fully saturated rings. The Bertz CT molecular complexity index is 1150. The fraction of sp³-hybridized carbons (Fsp3) is 0.417. The Labute approximate surface area is 235 Å². The molecule has 0 atom stereocenters. The zero-order valence-corrected chi connectivity index (χ0v) is 23.7. The van der Waals surface area contributed by atoms with Crippen molar-refractivity contribution in [1.82, 2.24) is 0 Å². The fourth-order valence-electron chi connectivity index (χ4n) is 5.33. The summed E-state index contributed by atoms with van der Waals surface area (Å²) in [5.41, 5.74) is 5.52. The molecule has 0 amide bonds. The van der Waals surface area contributed by atoms with Crippen molar-refractivity contribution in [2.24, 2.45) is 5.92 Å². The Morgan fingerprint density at radius 1 is 0.769 bits per heavy atom. The van der Waals surface area contributed by atoms with E-state index in [1.165, 1.54) is 61.6 Å². The van der Waals surface area contributed by atoms with Gasteiger partial charge in [-0.25, -0.2) is 4.79 Å². The monoisotopic (exact) mass is 524 g/mol. The third-order valence-corrected chi connectivity index (χ3v) is 7.77. The van der Waals surface area contributed by atoms with Gasteiger partial charge in [-0.2, -0.15) is 0 Å². The summed E-state index contributed by atoms with van der Waals surface area (Å²) in [6.45, 7) is 6.20. The minimum atomic E-state index is -0.331. The molecule has 39 heavy (non-hydrogen) atoms. The van der Waals surface area contributed by atoms with Crippen LogP contribution in [0.5, 0.6) is 5.75 Å². The molecule has 0 radical (unpaired) electrons. The van der Waals surface area contributed by atoms with Crippen molar-refractivity contribution in [2.75, 3.05) is 13.2 Å². The Balaban J connectivity index is 1.24. The van der Waals surface area contributed by atoms with Crippen LogP contribution in [0.15, 0.2) is 72.8 Å². The van der Waals surface area contributed by atoms with Gasteiger partial charge in [0.25, 0.3) is 0 Å². The first-order valence-electron chi connectivity index (χ1n) is 14.9. The van der Waals surface area contributed by atoms with E-state index < -0.39 is 0 Å². The number of carbonyl (C=O) groups is 1. The summed E-state index contributed by atoms with van der Waals surface area (Å²) < 4.78 is 11.3. The Hall–Kier alpha value is -3.17. The highest BCUT2D eigenvalue weighted by Crippen LogP contribution is 2.36. The molecule has 0 aliphatic heterocycles. The van der Waals surface area contributed by atoms with Gasteiger partial charge in [-0.3, -0.25) is 0 Å². The molecule has 4 rings (SSSR count). The summed E-state index contributed by atoms with van der Waals surface area (Å²) in [6, 6.07) is 24.4. The molecule has 0 unspecified atom stereocenters. The zero-order valence-electron chi connectivity index (χ0n) is 23.7. The SMILES string of the molecule is CCCCCc1ccc(OC(=O)c2ccc(/C=C/c3ccc(C4CCC(COCCC)CC4)cc3)cc2)cc1. The molecule has 1 aliphatic rings. The summed E-state index contributed by atoms with van der Waals surface area (Å²) in [5.74, 6) is 1.65. The number of esters is 1. The van der Waals surface area contributed by atoms with Crippen LogP contribution in [-0.4, -0.2) is 19.2 Å². The standard InChI is InChI=1S/C36H44O3/c1-3-5-6-7-28-16-24-35(25-17-28)39-36(37)34-22-12-30(13-23-34)9-8-29-10-18-32(19-11-29)33-20-14-31(15-21-33)27-38-26-4-2/h8-13,16-19,22-25,31,33H,3-7,14-15,20-21,26-27H2,1-2H3/b9-8+. The van der Waals surface area contributed by atoms with Crippen LogP contribution in [0.2, 0.25) is 0 Å². The highest BCUT2D eigenvalue weighted by Gasteiger charge is 2.22. The maximum absolute atomic E-state index is 12.6. The van der Waals surface area contributed by atoms with Gasteiger partial charge in [0.2, 0.25) is 0 Å². The van der Waals surface area contributed by atoms with Gasteiger partial charge in [-0.1, -0.05) is 87.4 Å². The second-order valence-corrected chi connectivity index (χ2v) is 10.9. The van der Waals surface area contributed by atoms with Crippen LogP contribution in [0, 0.1) is 5.92 Å². The molecular weight excluding hydrogens is 480 g/mol. The van der Waals surface area contributed by atoms with Crippen molar-refractivity contribution < 1.29 is 14.3 Å². The number of rotatable bonds is 13. The lowest BCUT2D eigenvalue weighted by atomic mass is 9.79. The van der Waals surface area contributed by atoms with Crippen molar-refractivity contribution >= 4 is 18.1 Å². The average Bonchev–Trinajstić information content (AvgIpc) is 2.98. The van der Waals surface area contributed by atoms with Crippen LogP contribution in [0.1, 0.15) is 104 Å². The van der Waals surface area contributed by atoms with Gasteiger partial charge in [-0.15, -0.1) is 0 Å².